The van der Waals surface area contributed by atoms with Crippen molar-refractivity contribution in [3.8, 4) is 5.75 Å². The predicted octanol–water partition coefficient (Wildman–Crippen LogP) is 2.42. The number of hydrogen-bond acceptors (Lipinski definition) is 5. The number of methoxy groups -OCH3 is 1. The highest BCUT2D eigenvalue weighted by molar-refractivity contribution is 7.99. The number of ether oxygens (including phenoxy) is 1. The third-order valence-electron chi connectivity index (χ3n) is 5.64. The second kappa shape index (κ2) is 8.67. The van der Waals surface area contributed by atoms with Crippen LogP contribution in [0.5, 0.6) is 5.75 Å². The fourth-order valence-electron chi connectivity index (χ4n) is 4.06. The minimum Gasteiger partial charge on any atom is -0.494 e. The van der Waals surface area contributed by atoms with Crippen LogP contribution in [0.1, 0.15) is 36.9 Å². The molecule has 1 fully saturated rings. The minimum atomic E-state index is -0.510. The highest BCUT2D eigenvalue weighted by Crippen LogP contribution is 2.31. The standard InChI is InChI=1S/C21H25FN4O3S/c1-29-17-10-14(2-3-16(17)22)11-21(7-5-19(28)25-21)6-4-18(27)23-12-15-13-26-8-9-30-20(26)24-15/h2-3,10,13H,4-9,11-12H2,1H3,(H,23,27)(H,25,28)/t21-/m0/s1. The fraction of sp³-hybridized carbons (Fsp3) is 0.476. The number of thioether (sulfide) groups is 1. The number of rotatable bonds is 8. The van der Waals surface area contributed by atoms with E-state index in [1.807, 2.05) is 6.20 Å². The molecule has 9 heteroatoms. The number of carbonyl (C=O) groups excluding carboxylic acids is 2. The number of imidazole rings is 1. The van der Waals surface area contributed by atoms with Gasteiger partial charge in [0.2, 0.25) is 11.8 Å². The first-order chi connectivity index (χ1) is 14.5. The number of fused-ring (bicyclic) bond motifs is 1. The second-order valence-electron chi connectivity index (χ2n) is 7.81. The lowest BCUT2D eigenvalue weighted by Gasteiger charge is -2.29. The Morgan fingerprint density at radius 3 is 3.07 bits per heavy atom. The summed E-state index contributed by atoms with van der Waals surface area (Å²) in [5.41, 5.74) is 1.21. The molecule has 2 aliphatic rings. The summed E-state index contributed by atoms with van der Waals surface area (Å²) in [4.78, 5) is 28.9. The third-order valence-corrected chi connectivity index (χ3v) is 6.61. The Morgan fingerprint density at radius 1 is 1.47 bits per heavy atom. The molecule has 0 unspecified atom stereocenters. The van der Waals surface area contributed by atoms with Crippen LogP contribution in [0.2, 0.25) is 0 Å². The lowest BCUT2D eigenvalue weighted by atomic mass is 9.85. The maximum atomic E-state index is 13.7. The van der Waals surface area contributed by atoms with E-state index in [4.69, 9.17) is 4.74 Å². The minimum absolute atomic E-state index is 0.0190. The Bertz CT molecular complexity index is 942. The van der Waals surface area contributed by atoms with Crippen molar-refractivity contribution < 1.29 is 18.7 Å². The summed E-state index contributed by atoms with van der Waals surface area (Å²) in [5, 5.41) is 6.98. The number of carbonyl (C=O) groups is 2. The average Bonchev–Trinajstić information content (AvgIpc) is 3.42. The summed E-state index contributed by atoms with van der Waals surface area (Å²) < 4.78 is 20.9. The first-order valence-electron chi connectivity index (χ1n) is 10.1. The van der Waals surface area contributed by atoms with Gasteiger partial charge in [0, 0.05) is 36.9 Å². The first kappa shape index (κ1) is 20.7. The van der Waals surface area contributed by atoms with Crippen LogP contribution in [0.3, 0.4) is 0 Å². The van der Waals surface area contributed by atoms with Gasteiger partial charge in [-0.2, -0.15) is 0 Å². The van der Waals surface area contributed by atoms with Crippen LogP contribution in [0.15, 0.2) is 29.6 Å². The van der Waals surface area contributed by atoms with Crippen LogP contribution < -0.4 is 15.4 Å². The van der Waals surface area contributed by atoms with E-state index in [-0.39, 0.29) is 17.6 Å². The van der Waals surface area contributed by atoms with E-state index in [1.54, 1.807) is 23.9 Å². The zero-order valence-corrected chi connectivity index (χ0v) is 17.7. The predicted molar refractivity (Wildman–Crippen MR) is 111 cm³/mol. The number of nitrogens with zero attached hydrogens (tertiary/aromatic N) is 2. The molecule has 3 heterocycles. The van der Waals surface area contributed by atoms with Crippen LogP contribution in [0.25, 0.3) is 0 Å². The van der Waals surface area contributed by atoms with Crippen molar-refractivity contribution in [2.45, 2.75) is 55.9 Å². The van der Waals surface area contributed by atoms with E-state index in [9.17, 15) is 14.0 Å². The van der Waals surface area contributed by atoms with Crippen LogP contribution in [-0.4, -0.2) is 39.8 Å². The number of aromatic nitrogens is 2. The Hall–Kier alpha value is -2.55. The number of aryl methyl sites for hydroxylation is 1. The molecule has 2 amide bonds. The maximum absolute atomic E-state index is 13.7. The molecule has 7 nitrogen and oxygen atoms in total. The van der Waals surface area contributed by atoms with Crippen molar-refractivity contribution in [2.75, 3.05) is 12.9 Å². The van der Waals surface area contributed by atoms with Gasteiger partial charge in [-0.15, -0.1) is 0 Å². The van der Waals surface area contributed by atoms with Crippen molar-refractivity contribution in [1.29, 1.82) is 0 Å². The molecule has 2 aliphatic heterocycles. The summed E-state index contributed by atoms with van der Waals surface area (Å²) >= 11 is 1.72. The molecule has 1 aromatic carbocycles. The van der Waals surface area contributed by atoms with Gasteiger partial charge in [-0.05, 0) is 37.0 Å². The second-order valence-corrected chi connectivity index (χ2v) is 8.87. The van der Waals surface area contributed by atoms with Gasteiger partial charge in [0.25, 0.3) is 0 Å². The molecule has 2 N–H and O–H groups in total. The lowest BCUT2D eigenvalue weighted by Crippen LogP contribution is -2.44. The number of nitrogens with one attached hydrogen (secondary N) is 2. The van der Waals surface area contributed by atoms with E-state index < -0.39 is 11.4 Å². The van der Waals surface area contributed by atoms with E-state index in [0.717, 1.165) is 28.7 Å². The van der Waals surface area contributed by atoms with Crippen molar-refractivity contribution in [3.63, 3.8) is 0 Å². The zero-order chi connectivity index (χ0) is 21.1. The van der Waals surface area contributed by atoms with E-state index in [0.29, 0.717) is 38.6 Å². The van der Waals surface area contributed by atoms with Crippen molar-refractivity contribution in [3.05, 3.63) is 41.5 Å². The molecule has 4 rings (SSSR count). The van der Waals surface area contributed by atoms with Crippen LogP contribution in [-0.2, 0) is 29.1 Å². The molecule has 2 aromatic rings. The van der Waals surface area contributed by atoms with E-state index in [2.05, 4.69) is 20.2 Å². The largest absolute Gasteiger partial charge is 0.494 e. The Morgan fingerprint density at radius 2 is 2.33 bits per heavy atom. The molecule has 1 saturated heterocycles. The van der Waals surface area contributed by atoms with Crippen LogP contribution in [0.4, 0.5) is 4.39 Å². The van der Waals surface area contributed by atoms with Gasteiger partial charge in [-0.1, -0.05) is 17.8 Å². The molecule has 1 atom stereocenters. The number of hydrogen-bond donors (Lipinski definition) is 2. The van der Waals surface area contributed by atoms with E-state index >= 15 is 0 Å². The molecular weight excluding hydrogens is 407 g/mol. The third kappa shape index (κ3) is 4.61. The molecule has 1 aromatic heterocycles. The van der Waals surface area contributed by atoms with Gasteiger partial charge >= 0.3 is 0 Å². The normalized spacial score (nSPS) is 20.1. The lowest BCUT2D eigenvalue weighted by molar-refractivity contribution is -0.122. The van der Waals surface area contributed by atoms with Gasteiger partial charge in [-0.25, -0.2) is 9.37 Å². The summed E-state index contributed by atoms with van der Waals surface area (Å²) in [7, 11) is 1.42. The van der Waals surface area contributed by atoms with Gasteiger partial charge in [0.1, 0.15) is 0 Å². The van der Waals surface area contributed by atoms with Gasteiger partial charge in [-0.3, -0.25) is 9.59 Å². The van der Waals surface area contributed by atoms with Crippen molar-refractivity contribution in [1.82, 2.24) is 20.2 Å². The molecule has 0 aliphatic carbocycles. The average molecular weight is 433 g/mol. The molecular formula is C21H25FN4O3S. The summed E-state index contributed by atoms with van der Waals surface area (Å²) in [6, 6.07) is 4.71. The number of benzene rings is 1. The quantitative estimate of drug-likeness (QED) is 0.669. The summed E-state index contributed by atoms with van der Waals surface area (Å²) in [6.45, 7) is 1.35. The molecule has 0 radical (unpaired) electrons. The molecule has 160 valence electrons. The Labute approximate surface area is 178 Å². The van der Waals surface area contributed by atoms with Crippen molar-refractivity contribution >= 4 is 23.6 Å². The SMILES string of the molecule is COc1cc(C[C@]2(CCC(=O)NCc3cn4c(n3)SCC4)CCC(=O)N2)ccc1F. The first-order valence-corrected chi connectivity index (χ1v) is 11.0. The maximum Gasteiger partial charge on any atom is 0.220 e. The number of halogens is 1. The molecule has 0 spiro atoms. The van der Waals surface area contributed by atoms with Crippen molar-refractivity contribution in [2.24, 2.45) is 0 Å². The zero-order valence-electron chi connectivity index (χ0n) is 16.9. The van der Waals surface area contributed by atoms with Gasteiger partial charge in [0.15, 0.2) is 16.7 Å². The highest BCUT2D eigenvalue weighted by atomic mass is 32.2. The monoisotopic (exact) mass is 432 g/mol. The van der Waals surface area contributed by atoms with Crippen LogP contribution in [0, 0.1) is 5.82 Å². The summed E-state index contributed by atoms with van der Waals surface area (Å²) in [6.07, 6.45) is 4.38. The molecule has 0 saturated carbocycles. The summed E-state index contributed by atoms with van der Waals surface area (Å²) in [5.74, 6) is 0.703. The fourth-order valence-corrected chi connectivity index (χ4v) is 5.03. The van der Waals surface area contributed by atoms with Crippen LogP contribution >= 0.6 is 11.8 Å². The molecule has 30 heavy (non-hydrogen) atoms. The van der Waals surface area contributed by atoms with E-state index in [1.165, 1.54) is 13.2 Å². The highest BCUT2D eigenvalue weighted by Gasteiger charge is 2.38. The topological polar surface area (TPSA) is 85.2 Å². The number of amides is 2. The Balaban J connectivity index is 1.35. The van der Waals surface area contributed by atoms with Gasteiger partial charge in [0.05, 0.1) is 19.3 Å². The Kier molecular flexibility index (Phi) is 5.99. The molecule has 0 bridgehead atoms. The van der Waals surface area contributed by atoms with Gasteiger partial charge < -0.3 is 19.9 Å². The smallest absolute Gasteiger partial charge is 0.220 e.